The summed E-state index contributed by atoms with van der Waals surface area (Å²) in [4.78, 5) is 2.52. The molecular formula is C10H10Cl2FN3O2. The van der Waals surface area contributed by atoms with Gasteiger partial charge in [-0.2, -0.15) is 0 Å². The number of hydrogen-bond acceptors (Lipinski definition) is 3. The highest BCUT2D eigenvalue weighted by atomic mass is 35.5. The molecule has 2 atom stereocenters. The third-order valence-corrected chi connectivity index (χ3v) is 2.92. The predicted octanol–water partition coefficient (Wildman–Crippen LogP) is 3.23. The van der Waals surface area contributed by atoms with Gasteiger partial charge in [-0.3, -0.25) is 0 Å². The third-order valence-electron chi connectivity index (χ3n) is 2.29. The third kappa shape index (κ3) is 3.73. The maximum atomic E-state index is 13.0. The van der Waals surface area contributed by atoms with Crippen LogP contribution in [-0.4, -0.2) is 22.9 Å². The van der Waals surface area contributed by atoms with Gasteiger partial charge in [0.2, 0.25) is 0 Å². The summed E-state index contributed by atoms with van der Waals surface area (Å²) in [5.74, 6) is -0.635. The molecule has 18 heavy (non-hydrogen) atoms. The number of benzene rings is 1. The second-order valence-electron chi connectivity index (χ2n) is 3.54. The smallest absolute Gasteiger partial charge is 0.126 e. The Labute approximate surface area is 112 Å². The lowest BCUT2D eigenvalue weighted by atomic mass is 10.0. The van der Waals surface area contributed by atoms with Crippen LogP contribution in [0.1, 0.15) is 18.1 Å². The van der Waals surface area contributed by atoms with E-state index in [1.165, 1.54) is 0 Å². The molecule has 0 bridgehead atoms. The van der Waals surface area contributed by atoms with Gasteiger partial charge in [0, 0.05) is 17.0 Å². The molecule has 0 aromatic heterocycles. The van der Waals surface area contributed by atoms with Crippen molar-refractivity contribution in [2.24, 2.45) is 5.11 Å². The summed E-state index contributed by atoms with van der Waals surface area (Å²) in [5.41, 5.74) is 8.13. The van der Waals surface area contributed by atoms with Crippen molar-refractivity contribution in [2.45, 2.75) is 18.6 Å². The lowest BCUT2D eigenvalue weighted by molar-refractivity contribution is 0.0151. The fourth-order valence-electron chi connectivity index (χ4n) is 1.42. The van der Waals surface area contributed by atoms with Crippen LogP contribution in [-0.2, 0) is 0 Å². The SMILES string of the molecule is [N-]=[N+]=NCCC(O)C(O)c1c(Cl)cc(F)cc1Cl. The first kappa shape index (κ1) is 15.0. The maximum Gasteiger partial charge on any atom is 0.126 e. The first-order valence-electron chi connectivity index (χ1n) is 4.98. The average Bonchev–Trinajstić information content (AvgIpc) is 2.27. The van der Waals surface area contributed by atoms with Crippen molar-refractivity contribution in [1.82, 2.24) is 0 Å². The Bertz CT molecular complexity index is 457. The van der Waals surface area contributed by atoms with Gasteiger partial charge in [0.15, 0.2) is 0 Å². The van der Waals surface area contributed by atoms with Gasteiger partial charge in [0.25, 0.3) is 0 Å². The molecular weight excluding hydrogens is 284 g/mol. The van der Waals surface area contributed by atoms with Crippen molar-refractivity contribution in [1.29, 1.82) is 0 Å². The standard InChI is InChI=1S/C10H10Cl2FN3O2/c11-6-3-5(13)4-7(12)9(6)10(18)8(17)1-2-15-16-14/h3-4,8,10,17-18H,1-2H2. The molecule has 1 rings (SSSR count). The second-order valence-corrected chi connectivity index (χ2v) is 4.35. The van der Waals surface area contributed by atoms with E-state index in [1.807, 2.05) is 0 Å². The minimum absolute atomic E-state index is 0.0190. The molecule has 0 saturated carbocycles. The highest BCUT2D eigenvalue weighted by Gasteiger charge is 2.23. The van der Waals surface area contributed by atoms with Gasteiger partial charge in [-0.1, -0.05) is 28.3 Å². The minimum atomic E-state index is -1.38. The van der Waals surface area contributed by atoms with Crippen molar-refractivity contribution in [3.05, 3.63) is 44.0 Å². The van der Waals surface area contributed by atoms with Crippen LogP contribution in [0.5, 0.6) is 0 Å². The number of rotatable bonds is 5. The van der Waals surface area contributed by atoms with Gasteiger partial charge < -0.3 is 10.2 Å². The summed E-state index contributed by atoms with van der Waals surface area (Å²) >= 11 is 11.5. The Morgan fingerprint density at radius 1 is 1.33 bits per heavy atom. The summed E-state index contributed by atoms with van der Waals surface area (Å²) < 4.78 is 13.0. The molecule has 8 heteroatoms. The molecule has 0 saturated heterocycles. The fourth-order valence-corrected chi connectivity index (χ4v) is 2.10. The van der Waals surface area contributed by atoms with Crippen LogP contribution in [0.3, 0.4) is 0 Å². The summed E-state index contributed by atoms with van der Waals surface area (Å²) in [6.45, 7) is 0.0190. The van der Waals surface area contributed by atoms with E-state index in [-0.39, 0.29) is 28.6 Å². The number of hydrogen-bond donors (Lipinski definition) is 2. The molecule has 98 valence electrons. The molecule has 0 fully saturated rings. The van der Waals surface area contributed by atoms with Gasteiger partial charge in [-0.25, -0.2) is 4.39 Å². The van der Waals surface area contributed by atoms with Crippen LogP contribution in [0.25, 0.3) is 10.4 Å². The van der Waals surface area contributed by atoms with Gasteiger partial charge in [-0.15, -0.1) is 0 Å². The molecule has 1 aromatic carbocycles. The summed E-state index contributed by atoms with van der Waals surface area (Å²) in [5, 5.41) is 22.6. The van der Waals surface area contributed by atoms with Crippen molar-refractivity contribution < 1.29 is 14.6 Å². The van der Waals surface area contributed by atoms with E-state index in [9.17, 15) is 14.6 Å². The van der Waals surface area contributed by atoms with E-state index in [4.69, 9.17) is 28.7 Å². The first-order chi connectivity index (χ1) is 8.47. The van der Waals surface area contributed by atoms with Crippen molar-refractivity contribution >= 4 is 23.2 Å². The zero-order valence-electron chi connectivity index (χ0n) is 9.09. The molecule has 0 radical (unpaired) electrons. The molecule has 5 nitrogen and oxygen atoms in total. The van der Waals surface area contributed by atoms with Gasteiger partial charge in [-0.05, 0) is 24.1 Å². The summed E-state index contributed by atoms with van der Waals surface area (Å²) in [6.07, 6.45) is -2.55. The predicted molar refractivity (Wildman–Crippen MR) is 66.0 cm³/mol. The Balaban J connectivity index is 2.89. The van der Waals surface area contributed by atoms with Crippen LogP contribution in [0, 0.1) is 5.82 Å². The van der Waals surface area contributed by atoms with Crippen LogP contribution in [0.4, 0.5) is 4.39 Å². The lowest BCUT2D eigenvalue weighted by Crippen LogP contribution is -2.20. The zero-order chi connectivity index (χ0) is 13.7. The largest absolute Gasteiger partial charge is 0.390 e. The molecule has 0 amide bonds. The van der Waals surface area contributed by atoms with Crippen molar-refractivity contribution in [3.8, 4) is 0 Å². The van der Waals surface area contributed by atoms with E-state index in [0.29, 0.717) is 0 Å². The van der Waals surface area contributed by atoms with E-state index >= 15 is 0 Å². The molecule has 0 heterocycles. The van der Waals surface area contributed by atoms with Crippen molar-refractivity contribution in [2.75, 3.05) is 6.54 Å². The molecule has 0 spiro atoms. The van der Waals surface area contributed by atoms with E-state index < -0.39 is 18.0 Å². The number of aliphatic hydroxyl groups excluding tert-OH is 2. The Hall–Kier alpha value is -1.04. The normalized spacial score (nSPS) is 13.8. The van der Waals surface area contributed by atoms with Crippen LogP contribution in [0.15, 0.2) is 17.2 Å². The minimum Gasteiger partial charge on any atom is -0.390 e. The number of nitrogens with zero attached hydrogens (tertiary/aromatic N) is 3. The maximum absolute atomic E-state index is 13.0. The number of aliphatic hydroxyl groups is 2. The average molecular weight is 294 g/mol. The zero-order valence-corrected chi connectivity index (χ0v) is 10.6. The Morgan fingerprint density at radius 2 is 1.89 bits per heavy atom. The summed E-state index contributed by atoms with van der Waals surface area (Å²) in [7, 11) is 0. The Morgan fingerprint density at radius 3 is 2.39 bits per heavy atom. The summed E-state index contributed by atoms with van der Waals surface area (Å²) in [6, 6.07) is 1.98. The highest BCUT2D eigenvalue weighted by Crippen LogP contribution is 2.33. The van der Waals surface area contributed by atoms with Crippen LogP contribution >= 0.6 is 23.2 Å². The fraction of sp³-hybridized carbons (Fsp3) is 0.400. The molecule has 1 aromatic rings. The van der Waals surface area contributed by atoms with Gasteiger partial charge in [0.05, 0.1) is 16.1 Å². The molecule has 0 aliphatic carbocycles. The van der Waals surface area contributed by atoms with Crippen molar-refractivity contribution in [3.63, 3.8) is 0 Å². The molecule has 2 unspecified atom stereocenters. The Kier molecular flexibility index (Phi) is 5.65. The van der Waals surface area contributed by atoms with E-state index in [1.54, 1.807) is 0 Å². The van der Waals surface area contributed by atoms with Gasteiger partial charge in [0.1, 0.15) is 11.9 Å². The topological polar surface area (TPSA) is 89.2 Å². The number of azide groups is 1. The molecule has 2 N–H and O–H groups in total. The first-order valence-corrected chi connectivity index (χ1v) is 5.74. The lowest BCUT2D eigenvalue weighted by Gasteiger charge is -2.19. The molecule has 0 aliphatic rings. The molecule has 0 aliphatic heterocycles. The van der Waals surface area contributed by atoms with E-state index in [2.05, 4.69) is 10.0 Å². The number of halogens is 3. The second kappa shape index (κ2) is 6.78. The quantitative estimate of drug-likeness (QED) is 0.496. The highest BCUT2D eigenvalue weighted by molar-refractivity contribution is 6.36. The van der Waals surface area contributed by atoms with E-state index in [0.717, 1.165) is 12.1 Å². The monoisotopic (exact) mass is 293 g/mol. The van der Waals surface area contributed by atoms with Crippen LogP contribution in [0.2, 0.25) is 10.0 Å². The van der Waals surface area contributed by atoms with Crippen LogP contribution < -0.4 is 0 Å². The van der Waals surface area contributed by atoms with Gasteiger partial charge >= 0.3 is 0 Å².